The van der Waals surface area contributed by atoms with E-state index in [1.165, 1.54) is 12.1 Å². The molecule has 3 heterocycles. The lowest BCUT2D eigenvalue weighted by Crippen LogP contribution is -2.32. The summed E-state index contributed by atoms with van der Waals surface area (Å²) >= 11 is 0. The summed E-state index contributed by atoms with van der Waals surface area (Å²) in [4.78, 5) is 18.9. The summed E-state index contributed by atoms with van der Waals surface area (Å²) in [5, 5.41) is -0.0114. The number of amides is 1. The van der Waals surface area contributed by atoms with Crippen molar-refractivity contribution in [2.75, 3.05) is 16.9 Å². The Morgan fingerprint density at radius 2 is 1.94 bits per heavy atom. The summed E-state index contributed by atoms with van der Waals surface area (Å²) in [7, 11) is -3.35. The van der Waals surface area contributed by atoms with Crippen molar-refractivity contribution in [3.05, 3.63) is 59.5 Å². The number of pyridine rings is 1. The second kappa shape index (κ2) is 6.81. The zero-order valence-corrected chi connectivity index (χ0v) is 18.0. The highest BCUT2D eigenvalue weighted by atomic mass is 32.2. The minimum absolute atomic E-state index is 0.00789. The van der Waals surface area contributed by atoms with Crippen LogP contribution in [0, 0.1) is 0 Å². The molecule has 1 fully saturated rings. The Morgan fingerprint density at radius 3 is 2.59 bits per heavy atom. The van der Waals surface area contributed by atoms with Gasteiger partial charge in [-0.15, -0.1) is 0 Å². The first-order valence-corrected chi connectivity index (χ1v) is 12.2. The molecule has 1 aliphatic heterocycles. The molecule has 1 amide bonds. The van der Waals surface area contributed by atoms with Crippen LogP contribution < -0.4 is 4.90 Å². The first kappa shape index (κ1) is 21.0. The number of halogens is 3. The van der Waals surface area contributed by atoms with Crippen LogP contribution in [0.25, 0.3) is 10.9 Å². The molecule has 1 aromatic carbocycles. The van der Waals surface area contributed by atoms with E-state index in [4.69, 9.17) is 0 Å². The number of carbonyl (C=O) groups excluding carboxylic acids is 1. The molecule has 2 aliphatic rings. The molecule has 10 heteroatoms. The molecule has 0 N–H and O–H groups in total. The summed E-state index contributed by atoms with van der Waals surface area (Å²) in [6.07, 6.45) is 1.22. The van der Waals surface area contributed by atoms with Crippen LogP contribution in [0.4, 0.5) is 18.9 Å². The van der Waals surface area contributed by atoms with Crippen molar-refractivity contribution in [2.45, 2.75) is 37.5 Å². The minimum atomic E-state index is -4.56. The van der Waals surface area contributed by atoms with Gasteiger partial charge in [0, 0.05) is 35.6 Å². The fourth-order valence-corrected chi connectivity index (χ4v) is 5.17. The van der Waals surface area contributed by atoms with Crippen LogP contribution in [0.1, 0.15) is 29.7 Å². The molecule has 1 spiro atoms. The van der Waals surface area contributed by atoms with E-state index in [0.29, 0.717) is 11.4 Å². The number of carbonyl (C=O) groups is 1. The summed E-state index contributed by atoms with van der Waals surface area (Å²) in [6.45, 7) is 0.0288. The lowest BCUT2D eigenvalue weighted by Gasteiger charge is -2.19. The molecule has 5 rings (SSSR count). The van der Waals surface area contributed by atoms with E-state index in [-0.39, 0.29) is 35.7 Å². The number of anilines is 1. The van der Waals surface area contributed by atoms with Gasteiger partial charge in [-0.1, -0.05) is 6.07 Å². The number of aryl methyl sites for hydroxylation is 1. The third-order valence-electron chi connectivity index (χ3n) is 6.35. The number of rotatable bonds is 5. The summed E-state index contributed by atoms with van der Waals surface area (Å²) in [6, 6.07) is 7.10. The summed E-state index contributed by atoms with van der Waals surface area (Å²) < 4.78 is 66.0. The highest BCUT2D eigenvalue weighted by Crippen LogP contribution is 2.57. The zero-order chi connectivity index (χ0) is 22.9. The van der Waals surface area contributed by atoms with Gasteiger partial charge < -0.3 is 9.47 Å². The molecular weight excluding hydrogens is 443 g/mol. The first-order chi connectivity index (χ1) is 15.0. The molecule has 1 aliphatic carbocycles. The van der Waals surface area contributed by atoms with Crippen molar-refractivity contribution in [1.29, 1.82) is 0 Å². The highest BCUT2D eigenvalue weighted by Gasteiger charge is 2.59. The van der Waals surface area contributed by atoms with Crippen molar-refractivity contribution >= 4 is 32.3 Å². The van der Waals surface area contributed by atoms with E-state index < -0.39 is 27.0 Å². The SMILES string of the molecule is CS(=O)(=O)CCn1c(CN2C(=O)C3(CC3)c3ccncc32)cc2c(C(F)(F)F)cccc21. The molecule has 32 heavy (non-hydrogen) atoms. The Morgan fingerprint density at radius 1 is 1.19 bits per heavy atom. The smallest absolute Gasteiger partial charge is 0.342 e. The van der Waals surface area contributed by atoms with Crippen LogP contribution in [0.3, 0.4) is 0 Å². The van der Waals surface area contributed by atoms with E-state index in [1.807, 2.05) is 6.07 Å². The third kappa shape index (κ3) is 3.28. The Bertz CT molecular complexity index is 1360. The number of hydrogen-bond donors (Lipinski definition) is 0. The topological polar surface area (TPSA) is 72.3 Å². The lowest BCUT2D eigenvalue weighted by atomic mass is 9.99. The van der Waals surface area contributed by atoms with Crippen molar-refractivity contribution in [3.63, 3.8) is 0 Å². The van der Waals surface area contributed by atoms with E-state index in [1.54, 1.807) is 27.9 Å². The van der Waals surface area contributed by atoms with E-state index in [2.05, 4.69) is 4.98 Å². The van der Waals surface area contributed by atoms with Gasteiger partial charge in [0.1, 0.15) is 9.84 Å². The highest BCUT2D eigenvalue weighted by molar-refractivity contribution is 7.90. The largest absolute Gasteiger partial charge is 0.417 e. The van der Waals surface area contributed by atoms with Crippen LogP contribution in [0.15, 0.2) is 42.7 Å². The van der Waals surface area contributed by atoms with Crippen LogP contribution in [0.2, 0.25) is 0 Å². The predicted molar refractivity (Wildman–Crippen MR) is 113 cm³/mol. The average molecular weight is 463 g/mol. The fourth-order valence-electron chi connectivity index (χ4n) is 4.65. The molecular formula is C22H20F3N3O3S. The van der Waals surface area contributed by atoms with Gasteiger partial charge in [-0.2, -0.15) is 13.2 Å². The molecule has 2 aromatic heterocycles. The number of hydrogen-bond acceptors (Lipinski definition) is 4. The Labute approximate surface area is 182 Å². The van der Waals surface area contributed by atoms with Crippen LogP contribution >= 0.6 is 0 Å². The van der Waals surface area contributed by atoms with Crippen LogP contribution in [-0.4, -0.2) is 35.9 Å². The van der Waals surface area contributed by atoms with E-state index in [0.717, 1.165) is 30.7 Å². The van der Waals surface area contributed by atoms with Crippen molar-refractivity contribution in [1.82, 2.24) is 9.55 Å². The van der Waals surface area contributed by atoms with Gasteiger partial charge in [0.15, 0.2) is 0 Å². The molecule has 6 nitrogen and oxygen atoms in total. The van der Waals surface area contributed by atoms with Crippen molar-refractivity contribution < 1.29 is 26.4 Å². The van der Waals surface area contributed by atoms with Gasteiger partial charge in [0.25, 0.3) is 0 Å². The van der Waals surface area contributed by atoms with Gasteiger partial charge >= 0.3 is 6.18 Å². The van der Waals surface area contributed by atoms with Crippen LogP contribution in [0.5, 0.6) is 0 Å². The maximum Gasteiger partial charge on any atom is 0.417 e. The molecule has 0 bridgehead atoms. The number of nitrogens with zero attached hydrogens (tertiary/aromatic N) is 3. The Hall–Kier alpha value is -2.88. The van der Waals surface area contributed by atoms with Gasteiger partial charge in [0.05, 0.1) is 35.2 Å². The normalized spacial score (nSPS) is 17.4. The first-order valence-electron chi connectivity index (χ1n) is 10.1. The number of fused-ring (bicyclic) bond motifs is 3. The van der Waals surface area contributed by atoms with Gasteiger partial charge in [-0.3, -0.25) is 9.78 Å². The molecule has 168 valence electrons. The second-order valence-corrected chi connectivity index (χ2v) is 10.8. The van der Waals surface area contributed by atoms with Gasteiger partial charge in [0.2, 0.25) is 5.91 Å². The summed E-state index contributed by atoms with van der Waals surface area (Å²) in [5.74, 6) is -0.313. The molecule has 0 saturated heterocycles. The number of alkyl halides is 3. The van der Waals surface area contributed by atoms with E-state index in [9.17, 15) is 26.4 Å². The molecule has 1 saturated carbocycles. The molecule has 0 unspecified atom stereocenters. The molecule has 3 aromatic rings. The second-order valence-electron chi connectivity index (χ2n) is 8.52. The minimum Gasteiger partial charge on any atom is -0.342 e. The quantitative estimate of drug-likeness (QED) is 0.579. The third-order valence-corrected chi connectivity index (χ3v) is 7.28. The van der Waals surface area contributed by atoms with Gasteiger partial charge in [-0.25, -0.2) is 8.42 Å². The predicted octanol–water partition coefficient (Wildman–Crippen LogP) is 3.68. The summed E-state index contributed by atoms with van der Waals surface area (Å²) in [5.41, 5.74) is 0.943. The Balaban J connectivity index is 1.63. The van der Waals surface area contributed by atoms with E-state index >= 15 is 0 Å². The average Bonchev–Trinajstić information content (AvgIpc) is 3.39. The standard InChI is InChI=1S/C22H20F3N3O3S/c1-32(30,31)10-9-27-14(11-15-16(22(23,24)25)3-2-4-18(15)27)13-28-19-12-26-8-5-17(19)21(6-7-21)20(28)29/h2-5,8,11-12H,6-7,9-10,13H2,1H3. The number of aromatic nitrogens is 2. The molecule has 0 radical (unpaired) electrons. The molecule has 0 atom stereocenters. The number of benzene rings is 1. The maximum atomic E-state index is 13.6. The maximum absolute atomic E-state index is 13.6. The number of sulfone groups is 1. The Kier molecular flexibility index (Phi) is 4.47. The van der Waals surface area contributed by atoms with Crippen molar-refractivity contribution in [3.8, 4) is 0 Å². The van der Waals surface area contributed by atoms with Crippen molar-refractivity contribution in [2.24, 2.45) is 0 Å². The monoisotopic (exact) mass is 463 g/mol. The lowest BCUT2D eigenvalue weighted by molar-refractivity contribution is -0.136. The fraction of sp³-hybridized carbons (Fsp3) is 0.364. The van der Waals surface area contributed by atoms with Gasteiger partial charge in [-0.05, 0) is 42.7 Å². The van der Waals surface area contributed by atoms with Crippen LogP contribution in [-0.2, 0) is 39.3 Å². The zero-order valence-electron chi connectivity index (χ0n) is 17.2.